The number of nitrogens with one attached hydrogen (secondary N) is 2. The Labute approximate surface area is 147 Å². The zero-order chi connectivity index (χ0) is 16.9. The summed E-state index contributed by atoms with van der Waals surface area (Å²) < 4.78 is 1.05. The van der Waals surface area contributed by atoms with Gasteiger partial charge in [0.2, 0.25) is 5.95 Å². The molecule has 0 aliphatic rings. The summed E-state index contributed by atoms with van der Waals surface area (Å²) in [6, 6.07) is 15.2. The van der Waals surface area contributed by atoms with E-state index in [0.29, 0.717) is 23.0 Å². The molecule has 6 nitrogen and oxygen atoms in total. The van der Waals surface area contributed by atoms with Crippen LogP contribution >= 0.6 is 15.9 Å². The monoisotopic (exact) mass is 380 g/mol. The first-order valence-electron chi connectivity index (χ1n) is 7.15. The van der Waals surface area contributed by atoms with Crippen LogP contribution in [0.1, 0.15) is 11.1 Å². The van der Waals surface area contributed by atoms with Gasteiger partial charge in [-0.3, -0.25) is 0 Å². The predicted octanol–water partition coefficient (Wildman–Crippen LogP) is 4.30. The van der Waals surface area contributed by atoms with Crippen LogP contribution in [-0.2, 0) is 0 Å². The number of aryl methyl sites for hydroxylation is 1. The van der Waals surface area contributed by atoms with Crippen molar-refractivity contribution >= 4 is 39.1 Å². The minimum Gasteiger partial charge on any atom is -0.339 e. The van der Waals surface area contributed by atoms with Crippen LogP contribution in [0.4, 0.5) is 23.1 Å². The van der Waals surface area contributed by atoms with Gasteiger partial charge in [0.05, 0.1) is 17.4 Å². The topological polar surface area (TPSA) is 86.5 Å². The maximum atomic E-state index is 9.13. The second-order valence-corrected chi connectivity index (χ2v) is 5.89. The van der Waals surface area contributed by atoms with Gasteiger partial charge >= 0.3 is 0 Å². The van der Waals surface area contributed by atoms with Gasteiger partial charge in [0.15, 0.2) is 5.82 Å². The van der Waals surface area contributed by atoms with Gasteiger partial charge in [0, 0.05) is 10.2 Å². The second kappa shape index (κ2) is 7.06. The highest BCUT2D eigenvalue weighted by molar-refractivity contribution is 9.10. The SMILES string of the molecule is Cc1cc(Nc2cnnc(Nc3ccccc3C#N)n2)ccc1Br. The number of nitrogens with zero attached hydrogens (tertiary/aromatic N) is 4. The lowest BCUT2D eigenvalue weighted by molar-refractivity contribution is 0.982. The van der Waals surface area contributed by atoms with Crippen LogP contribution in [0.5, 0.6) is 0 Å². The van der Waals surface area contributed by atoms with Gasteiger partial charge in [-0.15, -0.1) is 5.10 Å². The van der Waals surface area contributed by atoms with E-state index in [0.717, 1.165) is 15.7 Å². The number of rotatable bonds is 4. The second-order valence-electron chi connectivity index (χ2n) is 5.04. The van der Waals surface area contributed by atoms with Gasteiger partial charge in [0.25, 0.3) is 0 Å². The molecule has 0 aliphatic heterocycles. The third kappa shape index (κ3) is 3.67. The Morgan fingerprint density at radius 2 is 1.96 bits per heavy atom. The summed E-state index contributed by atoms with van der Waals surface area (Å²) in [6.45, 7) is 2.01. The molecule has 3 aromatic rings. The van der Waals surface area contributed by atoms with E-state index in [1.54, 1.807) is 24.4 Å². The summed E-state index contributed by atoms with van der Waals surface area (Å²) in [5.41, 5.74) is 3.17. The lowest BCUT2D eigenvalue weighted by atomic mass is 10.2. The fourth-order valence-electron chi connectivity index (χ4n) is 2.10. The number of hydrogen-bond acceptors (Lipinski definition) is 6. The Balaban J connectivity index is 1.81. The Morgan fingerprint density at radius 1 is 1.12 bits per heavy atom. The fraction of sp³-hybridized carbons (Fsp3) is 0.0588. The number of para-hydroxylation sites is 1. The van der Waals surface area contributed by atoms with Gasteiger partial charge in [-0.2, -0.15) is 15.3 Å². The van der Waals surface area contributed by atoms with E-state index in [2.05, 4.69) is 47.8 Å². The predicted molar refractivity (Wildman–Crippen MR) is 96.4 cm³/mol. The zero-order valence-corrected chi connectivity index (χ0v) is 14.4. The minimum atomic E-state index is 0.316. The van der Waals surface area contributed by atoms with Crippen molar-refractivity contribution in [3.05, 3.63) is 64.3 Å². The van der Waals surface area contributed by atoms with Crippen molar-refractivity contribution < 1.29 is 0 Å². The molecule has 1 aromatic heterocycles. The normalized spacial score (nSPS) is 10.0. The number of nitriles is 1. The van der Waals surface area contributed by atoms with Gasteiger partial charge in [-0.1, -0.05) is 28.1 Å². The Morgan fingerprint density at radius 3 is 2.75 bits per heavy atom. The van der Waals surface area contributed by atoms with E-state index in [-0.39, 0.29) is 0 Å². The Bertz CT molecular complexity index is 919. The number of halogens is 1. The largest absolute Gasteiger partial charge is 0.339 e. The van der Waals surface area contributed by atoms with Crippen LogP contribution in [-0.4, -0.2) is 15.2 Å². The molecule has 0 atom stereocenters. The number of hydrogen-bond donors (Lipinski definition) is 2. The Hall–Kier alpha value is -2.98. The van der Waals surface area contributed by atoms with Crippen LogP contribution in [0.3, 0.4) is 0 Å². The minimum absolute atomic E-state index is 0.316. The summed E-state index contributed by atoms with van der Waals surface area (Å²) in [5.74, 6) is 0.875. The molecule has 3 rings (SSSR count). The summed E-state index contributed by atoms with van der Waals surface area (Å²) in [4.78, 5) is 4.37. The third-order valence-corrected chi connectivity index (χ3v) is 4.17. The van der Waals surface area contributed by atoms with Crippen LogP contribution in [0.15, 0.2) is 53.1 Å². The lowest BCUT2D eigenvalue weighted by Crippen LogP contribution is -2.03. The highest BCUT2D eigenvalue weighted by Crippen LogP contribution is 2.23. The molecule has 0 unspecified atom stereocenters. The molecule has 2 aromatic carbocycles. The summed E-state index contributed by atoms with van der Waals surface area (Å²) in [7, 11) is 0. The van der Waals surface area contributed by atoms with Gasteiger partial charge in [0.1, 0.15) is 6.07 Å². The van der Waals surface area contributed by atoms with Crippen LogP contribution in [0.25, 0.3) is 0 Å². The third-order valence-electron chi connectivity index (χ3n) is 3.28. The van der Waals surface area contributed by atoms with E-state index in [1.165, 1.54) is 0 Å². The average Bonchev–Trinajstić information content (AvgIpc) is 2.59. The van der Waals surface area contributed by atoms with Gasteiger partial charge < -0.3 is 10.6 Å². The molecule has 118 valence electrons. The van der Waals surface area contributed by atoms with E-state index in [9.17, 15) is 0 Å². The average molecular weight is 381 g/mol. The highest BCUT2D eigenvalue weighted by atomic mass is 79.9. The summed E-state index contributed by atoms with van der Waals surface area (Å²) >= 11 is 3.47. The highest BCUT2D eigenvalue weighted by Gasteiger charge is 2.06. The molecule has 0 saturated heterocycles. The molecule has 7 heteroatoms. The van der Waals surface area contributed by atoms with Crippen LogP contribution < -0.4 is 10.6 Å². The first-order valence-corrected chi connectivity index (χ1v) is 7.94. The van der Waals surface area contributed by atoms with Crippen molar-refractivity contribution in [3.8, 4) is 6.07 Å². The molecule has 0 fully saturated rings. The first kappa shape index (κ1) is 15.9. The van der Waals surface area contributed by atoms with Crippen molar-refractivity contribution in [2.75, 3.05) is 10.6 Å². The maximum Gasteiger partial charge on any atom is 0.249 e. The fourth-order valence-corrected chi connectivity index (χ4v) is 2.34. The number of anilines is 4. The molecule has 0 amide bonds. The summed E-state index contributed by atoms with van der Waals surface area (Å²) in [5, 5.41) is 23.2. The molecule has 0 bridgehead atoms. The molecule has 2 N–H and O–H groups in total. The van der Waals surface area contributed by atoms with Gasteiger partial charge in [-0.05, 0) is 42.8 Å². The number of aromatic nitrogens is 3. The van der Waals surface area contributed by atoms with Crippen LogP contribution in [0, 0.1) is 18.3 Å². The molecule has 24 heavy (non-hydrogen) atoms. The standard InChI is InChI=1S/C17H13BrN6/c1-11-8-13(6-7-14(11)18)21-16-10-20-24-17(23-16)22-15-5-3-2-4-12(15)9-19/h2-8,10H,1H3,(H2,21,22,23,24). The Kier molecular flexibility index (Phi) is 4.68. The molecule has 0 saturated carbocycles. The lowest BCUT2D eigenvalue weighted by Gasteiger charge is -2.09. The van der Waals surface area contributed by atoms with Crippen molar-refractivity contribution in [1.82, 2.24) is 15.2 Å². The van der Waals surface area contributed by atoms with Crippen LogP contribution in [0.2, 0.25) is 0 Å². The van der Waals surface area contributed by atoms with Gasteiger partial charge in [-0.25, -0.2) is 0 Å². The molecule has 0 aliphatic carbocycles. The molecular weight excluding hydrogens is 368 g/mol. The van der Waals surface area contributed by atoms with Crippen molar-refractivity contribution in [2.45, 2.75) is 6.92 Å². The van der Waals surface area contributed by atoms with E-state index in [4.69, 9.17) is 5.26 Å². The van der Waals surface area contributed by atoms with Crippen molar-refractivity contribution in [2.24, 2.45) is 0 Å². The number of benzene rings is 2. The summed E-state index contributed by atoms with van der Waals surface area (Å²) in [6.07, 6.45) is 1.54. The van der Waals surface area contributed by atoms with E-state index in [1.807, 2.05) is 31.2 Å². The molecular formula is C17H13BrN6. The molecule has 0 radical (unpaired) electrons. The zero-order valence-electron chi connectivity index (χ0n) is 12.8. The maximum absolute atomic E-state index is 9.13. The molecule has 0 spiro atoms. The molecule has 1 heterocycles. The quantitative estimate of drug-likeness (QED) is 0.701. The van der Waals surface area contributed by atoms with E-state index < -0.39 is 0 Å². The first-order chi connectivity index (χ1) is 11.7. The van der Waals surface area contributed by atoms with Crippen molar-refractivity contribution in [3.63, 3.8) is 0 Å². The van der Waals surface area contributed by atoms with E-state index >= 15 is 0 Å². The smallest absolute Gasteiger partial charge is 0.249 e. The van der Waals surface area contributed by atoms with Crippen molar-refractivity contribution in [1.29, 1.82) is 5.26 Å².